The van der Waals surface area contributed by atoms with E-state index >= 15 is 0 Å². The van der Waals surface area contributed by atoms with Gasteiger partial charge in [-0.2, -0.15) is 0 Å². The second kappa shape index (κ2) is 5.54. The first-order valence-electron chi connectivity index (χ1n) is 6.64. The van der Waals surface area contributed by atoms with Gasteiger partial charge in [-0.25, -0.2) is 4.98 Å². The maximum atomic E-state index is 6.17. The minimum Gasteiger partial charge on any atom is -0.469 e. The molecule has 3 aromatic rings. The van der Waals surface area contributed by atoms with Crippen molar-refractivity contribution in [1.29, 1.82) is 0 Å². The van der Waals surface area contributed by atoms with E-state index < -0.39 is 0 Å². The van der Waals surface area contributed by atoms with E-state index in [4.69, 9.17) is 10.2 Å². The molecule has 5 heteroatoms. The van der Waals surface area contributed by atoms with Gasteiger partial charge in [0.05, 0.1) is 27.8 Å². The molecule has 1 aromatic carbocycles. The van der Waals surface area contributed by atoms with Crippen LogP contribution < -0.4 is 11.1 Å². The van der Waals surface area contributed by atoms with E-state index in [2.05, 4.69) is 23.3 Å². The van der Waals surface area contributed by atoms with Crippen LogP contribution in [-0.2, 0) is 6.42 Å². The molecule has 20 heavy (non-hydrogen) atoms. The van der Waals surface area contributed by atoms with Crippen LogP contribution >= 0.6 is 11.3 Å². The number of aryl methyl sites for hydroxylation is 1. The van der Waals surface area contributed by atoms with Gasteiger partial charge in [-0.05, 0) is 37.6 Å². The van der Waals surface area contributed by atoms with E-state index in [1.54, 1.807) is 17.6 Å². The van der Waals surface area contributed by atoms with Gasteiger partial charge < -0.3 is 15.5 Å². The molecule has 104 valence electrons. The fourth-order valence-corrected chi connectivity index (χ4v) is 2.92. The number of hydrogen-bond donors (Lipinski definition) is 2. The van der Waals surface area contributed by atoms with Crippen LogP contribution in [0.5, 0.6) is 0 Å². The van der Waals surface area contributed by atoms with E-state index in [0.29, 0.717) is 6.04 Å². The lowest BCUT2D eigenvalue weighted by Gasteiger charge is -2.16. The molecule has 0 amide bonds. The molecule has 0 saturated heterocycles. The summed E-state index contributed by atoms with van der Waals surface area (Å²) in [5, 5.41) is 3.45. The molecule has 3 rings (SSSR count). The molecule has 1 atom stereocenters. The van der Waals surface area contributed by atoms with Gasteiger partial charge in [0.15, 0.2) is 0 Å². The van der Waals surface area contributed by atoms with Gasteiger partial charge in [0.2, 0.25) is 0 Å². The Hall–Kier alpha value is -2.01. The second-order valence-electron chi connectivity index (χ2n) is 4.89. The van der Waals surface area contributed by atoms with Crippen molar-refractivity contribution in [2.24, 2.45) is 0 Å². The zero-order valence-electron chi connectivity index (χ0n) is 11.3. The molecule has 0 radical (unpaired) electrons. The Kier molecular flexibility index (Phi) is 3.60. The minimum atomic E-state index is 0.318. The SMILES string of the molecule is CC(CCc1ccco1)Nc1ccc2scnc2c1N. The topological polar surface area (TPSA) is 64.1 Å². The van der Waals surface area contributed by atoms with Crippen LogP contribution in [0.1, 0.15) is 19.1 Å². The summed E-state index contributed by atoms with van der Waals surface area (Å²) < 4.78 is 6.47. The Balaban J connectivity index is 1.67. The first-order valence-corrected chi connectivity index (χ1v) is 7.52. The van der Waals surface area contributed by atoms with E-state index in [1.165, 1.54) is 0 Å². The van der Waals surface area contributed by atoms with E-state index in [-0.39, 0.29) is 0 Å². The third kappa shape index (κ3) is 2.63. The van der Waals surface area contributed by atoms with Crippen molar-refractivity contribution >= 4 is 32.9 Å². The van der Waals surface area contributed by atoms with E-state index in [9.17, 15) is 0 Å². The van der Waals surface area contributed by atoms with E-state index in [0.717, 1.165) is 40.2 Å². The summed E-state index contributed by atoms with van der Waals surface area (Å²) in [6, 6.07) is 8.33. The molecular formula is C15H17N3OS. The number of benzene rings is 1. The van der Waals surface area contributed by atoms with Crippen molar-refractivity contribution in [2.45, 2.75) is 25.8 Å². The highest BCUT2D eigenvalue weighted by molar-refractivity contribution is 7.16. The average molecular weight is 287 g/mol. The summed E-state index contributed by atoms with van der Waals surface area (Å²) in [7, 11) is 0. The second-order valence-corrected chi connectivity index (χ2v) is 5.78. The average Bonchev–Trinajstić information content (AvgIpc) is 3.10. The Morgan fingerprint density at radius 1 is 1.40 bits per heavy atom. The lowest BCUT2D eigenvalue weighted by molar-refractivity contribution is 0.495. The first kappa shape index (κ1) is 13.0. The molecule has 0 fully saturated rings. The first-order chi connectivity index (χ1) is 9.74. The van der Waals surface area contributed by atoms with Crippen LogP contribution in [0.3, 0.4) is 0 Å². The molecule has 0 saturated carbocycles. The van der Waals surface area contributed by atoms with Gasteiger partial charge in [-0.3, -0.25) is 0 Å². The molecule has 3 N–H and O–H groups in total. The highest BCUT2D eigenvalue weighted by atomic mass is 32.1. The molecule has 2 aromatic heterocycles. The minimum absolute atomic E-state index is 0.318. The van der Waals surface area contributed by atoms with Crippen LogP contribution in [0.25, 0.3) is 10.2 Å². The molecule has 0 aliphatic carbocycles. The van der Waals surface area contributed by atoms with Crippen molar-refractivity contribution in [3.63, 3.8) is 0 Å². The van der Waals surface area contributed by atoms with Crippen LogP contribution in [-0.4, -0.2) is 11.0 Å². The molecule has 0 bridgehead atoms. The van der Waals surface area contributed by atoms with Crippen molar-refractivity contribution in [3.8, 4) is 0 Å². The number of furan rings is 1. The van der Waals surface area contributed by atoms with Crippen molar-refractivity contribution < 1.29 is 4.42 Å². The smallest absolute Gasteiger partial charge is 0.106 e. The number of nitrogen functional groups attached to an aromatic ring is 1. The summed E-state index contributed by atoms with van der Waals surface area (Å²) in [6.45, 7) is 2.15. The van der Waals surface area contributed by atoms with Crippen LogP contribution in [0.2, 0.25) is 0 Å². The van der Waals surface area contributed by atoms with Crippen LogP contribution in [0, 0.1) is 0 Å². The summed E-state index contributed by atoms with van der Waals surface area (Å²) in [5.41, 5.74) is 10.6. The van der Waals surface area contributed by atoms with Crippen molar-refractivity contribution in [2.75, 3.05) is 11.1 Å². The molecular weight excluding hydrogens is 270 g/mol. The maximum absolute atomic E-state index is 6.17. The molecule has 4 nitrogen and oxygen atoms in total. The number of nitrogens with one attached hydrogen (secondary N) is 1. The number of nitrogens with two attached hydrogens (primary N) is 1. The normalized spacial score (nSPS) is 12.7. The van der Waals surface area contributed by atoms with E-state index in [1.807, 2.05) is 23.7 Å². The van der Waals surface area contributed by atoms with Crippen molar-refractivity contribution in [3.05, 3.63) is 41.8 Å². The number of hydrogen-bond acceptors (Lipinski definition) is 5. The monoisotopic (exact) mass is 287 g/mol. The van der Waals surface area contributed by atoms with Gasteiger partial charge in [0, 0.05) is 12.5 Å². The Bertz CT molecular complexity index is 690. The predicted octanol–water partition coefficient (Wildman–Crippen LogP) is 3.90. The third-order valence-electron chi connectivity index (χ3n) is 3.35. The maximum Gasteiger partial charge on any atom is 0.106 e. The lowest BCUT2D eigenvalue weighted by Crippen LogP contribution is -2.17. The predicted molar refractivity (Wildman–Crippen MR) is 84.1 cm³/mol. The third-order valence-corrected chi connectivity index (χ3v) is 4.14. The van der Waals surface area contributed by atoms with Gasteiger partial charge in [-0.1, -0.05) is 0 Å². The lowest BCUT2D eigenvalue weighted by atomic mass is 10.1. The number of aromatic nitrogens is 1. The molecule has 0 spiro atoms. The van der Waals surface area contributed by atoms with Gasteiger partial charge in [0.1, 0.15) is 11.3 Å². The number of rotatable bonds is 5. The summed E-state index contributed by atoms with van der Waals surface area (Å²) >= 11 is 1.61. The van der Waals surface area contributed by atoms with Gasteiger partial charge in [0.25, 0.3) is 0 Å². The zero-order chi connectivity index (χ0) is 13.9. The Morgan fingerprint density at radius 2 is 2.30 bits per heavy atom. The Labute approximate surface area is 121 Å². The largest absolute Gasteiger partial charge is 0.469 e. The van der Waals surface area contributed by atoms with Crippen LogP contribution in [0.4, 0.5) is 11.4 Å². The van der Waals surface area contributed by atoms with Gasteiger partial charge >= 0.3 is 0 Å². The summed E-state index contributed by atoms with van der Waals surface area (Å²) in [6.07, 6.45) is 3.61. The molecule has 0 aliphatic heterocycles. The van der Waals surface area contributed by atoms with Crippen LogP contribution in [0.15, 0.2) is 40.5 Å². The molecule has 1 unspecified atom stereocenters. The fraction of sp³-hybridized carbons (Fsp3) is 0.267. The number of nitrogens with zero attached hydrogens (tertiary/aromatic N) is 1. The zero-order valence-corrected chi connectivity index (χ0v) is 12.1. The number of thiazole rings is 1. The molecule has 2 heterocycles. The van der Waals surface area contributed by atoms with Crippen molar-refractivity contribution in [1.82, 2.24) is 4.98 Å². The fourth-order valence-electron chi connectivity index (χ4n) is 2.23. The summed E-state index contributed by atoms with van der Waals surface area (Å²) in [5.74, 6) is 1.02. The highest BCUT2D eigenvalue weighted by Crippen LogP contribution is 2.30. The number of fused-ring (bicyclic) bond motifs is 1. The highest BCUT2D eigenvalue weighted by Gasteiger charge is 2.10. The molecule has 0 aliphatic rings. The summed E-state index contributed by atoms with van der Waals surface area (Å²) in [4.78, 5) is 4.31. The Morgan fingerprint density at radius 3 is 3.10 bits per heavy atom. The standard InChI is InChI=1S/C15H17N3OS/c1-10(4-5-11-3-2-8-19-11)18-12-6-7-13-15(14(12)16)17-9-20-13/h2-3,6-10,18H,4-5,16H2,1H3. The quantitative estimate of drug-likeness (QED) is 0.698. The number of anilines is 2. The van der Waals surface area contributed by atoms with Gasteiger partial charge in [-0.15, -0.1) is 11.3 Å².